The fraction of sp³-hybridized carbons (Fsp3) is 0.368. The summed E-state index contributed by atoms with van der Waals surface area (Å²) in [6.07, 6.45) is 3.52. The number of phenolic OH excluding ortho intramolecular Hbond substituents is 1. The van der Waals surface area contributed by atoms with Crippen molar-refractivity contribution in [2.75, 3.05) is 20.1 Å². The quantitative estimate of drug-likeness (QED) is 0.497. The van der Waals surface area contributed by atoms with Crippen molar-refractivity contribution in [3.63, 3.8) is 0 Å². The van der Waals surface area contributed by atoms with Gasteiger partial charge < -0.3 is 33.6 Å². The molecular weight excluding hydrogens is 385 g/mol. The summed E-state index contributed by atoms with van der Waals surface area (Å²) in [5, 5.41) is 9.79. The van der Waals surface area contributed by atoms with Crippen molar-refractivity contribution >= 4 is 0 Å². The maximum Gasteiger partial charge on any atom is 0.141 e. The molecule has 2 nitrogen and oxygen atoms in total. The molecule has 2 aliphatic rings. The number of likely N-dealkylation sites (N-methyl/N-ethyl adjacent to an activating group) is 1. The first-order valence-corrected chi connectivity index (χ1v) is 7.91. The van der Waals surface area contributed by atoms with Crippen LogP contribution in [-0.2, 0) is 12.8 Å². The molecule has 2 aliphatic heterocycles. The van der Waals surface area contributed by atoms with E-state index in [1.54, 1.807) is 0 Å². The van der Waals surface area contributed by atoms with Crippen molar-refractivity contribution in [2.24, 2.45) is 0 Å². The number of hydrogen-bond donors (Lipinski definition) is 1. The SMILES string of the molecule is C[N+]12CCCc3ccccc3C1c1ccc(O)cc1CC2.[I-]. The minimum atomic E-state index is 0. The summed E-state index contributed by atoms with van der Waals surface area (Å²) < 4.78 is 1.11. The van der Waals surface area contributed by atoms with Gasteiger partial charge >= 0.3 is 0 Å². The number of aromatic hydroxyl groups is 1. The van der Waals surface area contributed by atoms with Crippen molar-refractivity contribution in [1.29, 1.82) is 0 Å². The van der Waals surface area contributed by atoms with Crippen LogP contribution in [0.4, 0.5) is 0 Å². The first-order chi connectivity index (χ1) is 10.2. The number of fused-ring (bicyclic) bond motifs is 5. The van der Waals surface area contributed by atoms with Gasteiger partial charge in [-0.1, -0.05) is 24.3 Å². The van der Waals surface area contributed by atoms with Crippen molar-refractivity contribution in [2.45, 2.75) is 25.3 Å². The zero-order valence-electron chi connectivity index (χ0n) is 12.9. The Bertz CT molecular complexity index is 700. The van der Waals surface area contributed by atoms with E-state index >= 15 is 0 Å². The standard InChI is InChI=1S/C19H21NO.HI/c1-20-11-4-6-14-5-2-3-7-17(14)19(20)18-9-8-16(21)13-15(18)10-12-20;/h2-3,5,7-9,13,19H,4,6,10-12H2,1H3;1H. The largest absolute Gasteiger partial charge is 1.00 e. The first kappa shape index (κ1) is 15.8. The second-order valence-electron chi connectivity index (χ2n) is 6.76. The predicted molar refractivity (Wildman–Crippen MR) is 84.3 cm³/mol. The molecule has 2 atom stereocenters. The highest BCUT2D eigenvalue weighted by Crippen LogP contribution is 2.43. The highest BCUT2D eigenvalue weighted by atomic mass is 127. The summed E-state index contributed by atoms with van der Waals surface area (Å²) in [6, 6.07) is 15.3. The van der Waals surface area contributed by atoms with Crippen LogP contribution in [0.2, 0.25) is 0 Å². The number of halogens is 1. The molecule has 0 bridgehead atoms. The van der Waals surface area contributed by atoms with E-state index in [9.17, 15) is 5.11 Å². The summed E-state index contributed by atoms with van der Waals surface area (Å²) in [5.74, 6) is 0.395. The lowest BCUT2D eigenvalue weighted by Gasteiger charge is -2.45. The van der Waals surface area contributed by atoms with Crippen LogP contribution < -0.4 is 24.0 Å². The maximum atomic E-state index is 9.79. The van der Waals surface area contributed by atoms with Crippen LogP contribution in [0.25, 0.3) is 0 Å². The molecule has 22 heavy (non-hydrogen) atoms. The Morgan fingerprint density at radius 1 is 0.955 bits per heavy atom. The van der Waals surface area contributed by atoms with Gasteiger partial charge in [-0.05, 0) is 35.7 Å². The lowest BCUT2D eigenvalue weighted by atomic mass is 9.85. The minimum absolute atomic E-state index is 0. The molecule has 2 unspecified atom stereocenters. The Kier molecular flexibility index (Phi) is 4.21. The second kappa shape index (κ2) is 5.85. The molecule has 0 aliphatic carbocycles. The van der Waals surface area contributed by atoms with Gasteiger partial charge in [0.05, 0.1) is 20.1 Å². The first-order valence-electron chi connectivity index (χ1n) is 7.91. The van der Waals surface area contributed by atoms with Crippen LogP contribution in [-0.4, -0.2) is 29.7 Å². The molecule has 0 saturated heterocycles. The number of aryl methyl sites for hydroxylation is 1. The Balaban J connectivity index is 0.00000144. The van der Waals surface area contributed by atoms with Crippen LogP contribution in [0.3, 0.4) is 0 Å². The molecule has 3 heteroatoms. The molecule has 0 radical (unpaired) electrons. The summed E-state index contributed by atoms with van der Waals surface area (Å²) in [4.78, 5) is 0. The van der Waals surface area contributed by atoms with Crippen LogP contribution in [0, 0.1) is 0 Å². The van der Waals surface area contributed by atoms with E-state index in [1.165, 1.54) is 41.6 Å². The van der Waals surface area contributed by atoms with E-state index in [0.717, 1.165) is 17.4 Å². The molecular formula is C19H22INO. The predicted octanol–water partition coefficient (Wildman–Crippen LogP) is 0.434. The Hall–Kier alpha value is -1.07. The molecule has 0 aromatic heterocycles. The molecule has 116 valence electrons. The van der Waals surface area contributed by atoms with E-state index in [1.807, 2.05) is 12.1 Å². The van der Waals surface area contributed by atoms with Crippen LogP contribution in [0.15, 0.2) is 42.5 Å². The third-order valence-corrected chi connectivity index (χ3v) is 5.40. The van der Waals surface area contributed by atoms with Gasteiger partial charge in [0.25, 0.3) is 0 Å². The molecule has 4 rings (SSSR count). The molecule has 0 amide bonds. The number of quaternary nitrogens is 1. The van der Waals surface area contributed by atoms with Gasteiger partial charge in [-0.2, -0.15) is 0 Å². The second-order valence-corrected chi connectivity index (χ2v) is 6.76. The summed E-state index contributed by atoms with van der Waals surface area (Å²) in [5.41, 5.74) is 5.73. The van der Waals surface area contributed by atoms with E-state index < -0.39 is 0 Å². The Morgan fingerprint density at radius 3 is 2.59 bits per heavy atom. The Morgan fingerprint density at radius 2 is 1.73 bits per heavy atom. The van der Waals surface area contributed by atoms with Gasteiger partial charge in [0.15, 0.2) is 0 Å². The average molecular weight is 407 g/mol. The molecule has 2 aromatic carbocycles. The van der Waals surface area contributed by atoms with Gasteiger partial charge in [-0.3, -0.25) is 0 Å². The summed E-state index contributed by atoms with van der Waals surface area (Å²) in [6.45, 7) is 2.40. The Labute approximate surface area is 149 Å². The number of benzene rings is 2. The topological polar surface area (TPSA) is 20.2 Å². The monoisotopic (exact) mass is 407 g/mol. The third-order valence-electron chi connectivity index (χ3n) is 5.40. The van der Waals surface area contributed by atoms with E-state index in [-0.39, 0.29) is 24.0 Å². The number of hydrogen-bond acceptors (Lipinski definition) is 1. The van der Waals surface area contributed by atoms with Crippen molar-refractivity contribution in [3.8, 4) is 5.75 Å². The van der Waals surface area contributed by atoms with Gasteiger partial charge in [0, 0.05) is 24.0 Å². The summed E-state index contributed by atoms with van der Waals surface area (Å²) in [7, 11) is 2.41. The zero-order chi connectivity index (χ0) is 14.4. The van der Waals surface area contributed by atoms with Crippen LogP contribution >= 0.6 is 0 Å². The van der Waals surface area contributed by atoms with E-state index in [2.05, 4.69) is 37.4 Å². The van der Waals surface area contributed by atoms with Crippen molar-refractivity contribution in [3.05, 3.63) is 64.7 Å². The lowest BCUT2D eigenvalue weighted by molar-refractivity contribution is -0.935. The van der Waals surface area contributed by atoms with Crippen LogP contribution in [0.5, 0.6) is 5.75 Å². The molecule has 0 fully saturated rings. The van der Waals surface area contributed by atoms with E-state index in [0.29, 0.717) is 11.8 Å². The zero-order valence-corrected chi connectivity index (χ0v) is 15.1. The average Bonchev–Trinajstić information content (AvgIpc) is 2.63. The molecule has 0 spiro atoms. The lowest BCUT2D eigenvalue weighted by Crippen LogP contribution is -3.00. The summed E-state index contributed by atoms with van der Waals surface area (Å²) >= 11 is 0. The van der Waals surface area contributed by atoms with Crippen molar-refractivity contribution in [1.82, 2.24) is 0 Å². The van der Waals surface area contributed by atoms with Gasteiger partial charge in [-0.25, -0.2) is 0 Å². The minimum Gasteiger partial charge on any atom is -1.00 e. The fourth-order valence-electron chi connectivity index (χ4n) is 4.32. The van der Waals surface area contributed by atoms with Gasteiger partial charge in [0.1, 0.15) is 11.8 Å². The molecule has 1 N–H and O–H groups in total. The number of nitrogens with zero attached hydrogens (tertiary/aromatic N) is 1. The highest BCUT2D eigenvalue weighted by Gasteiger charge is 2.42. The smallest absolute Gasteiger partial charge is 0.141 e. The normalized spacial score (nSPS) is 26.0. The fourth-order valence-corrected chi connectivity index (χ4v) is 4.32. The van der Waals surface area contributed by atoms with Gasteiger partial charge in [-0.15, -0.1) is 0 Å². The van der Waals surface area contributed by atoms with Crippen LogP contribution in [0.1, 0.15) is 34.7 Å². The van der Waals surface area contributed by atoms with E-state index in [4.69, 9.17) is 0 Å². The number of rotatable bonds is 0. The highest BCUT2D eigenvalue weighted by molar-refractivity contribution is 5.44. The molecule has 2 heterocycles. The molecule has 0 saturated carbocycles. The maximum absolute atomic E-state index is 9.79. The van der Waals surface area contributed by atoms with Gasteiger partial charge in [0.2, 0.25) is 0 Å². The van der Waals surface area contributed by atoms with Crippen molar-refractivity contribution < 1.29 is 33.6 Å². The molecule has 2 aromatic rings. The third kappa shape index (κ3) is 2.44. The number of phenols is 1.